The first-order valence-corrected chi connectivity index (χ1v) is 12.0. The Bertz CT molecular complexity index is 968. The number of nitrogens with one attached hydrogen (secondary N) is 1. The van der Waals surface area contributed by atoms with Gasteiger partial charge in [-0.15, -0.1) is 0 Å². The van der Waals surface area contributed by atoms with Crippen LogP contribution in [-0.2, 0) is 20.7 Å². The van der Waals surface area contributed by atoms with Crippen LogP contribution < -0.4 is 10.2 Å². The largest absolute Gasteiger partial charge is 0.360 e. The predicted octanol–water partition coefficient (Wildman–Crippen LogP) is 4.11. The third-order valence-corrected chi connectivity index (χ3v) is 6.76. The van der Waals surface area contributed by atoms with E-state index in [9.17, 15) is 9.59 Å². The number of para-hydroxylation sites is 1. The van der Waals surface area contributed by atoms with Crippen LogP contribution in [0.5, 0.6) is 0 Å². The van der Waals surface area contributed by atoms with Gasteiger partial charge >= 0.3 is 0 Å². The molecule has 0 bridgehead atoms. The number of carbonyl (C=O) groups excluding carboxylic acids is 2. The number of benzene rings is 2. The van der Waals surface area contributed by atoms with E-state index >= 15 is 0 Å². The SMILES string of the molecule is CC(C)C(=O)Nc1cccc(CCN2CCC3(CC2)CN(c2ccccc2)C(=O)C(C)O3)c1. The molecule has 2 aromatic rings. The summed E-state index contributed by atoms with van der Waals surface area (Å²) in [6, 6.07) is 18.0. The summed E-state index contributed by atoms with van der Waals surface area (Å²) >= 11 is 0. The molecule has 0 aliphatic carbocycles. The molecule has 4 rings (SSSR count). The van der Waals surface area contributed by atoms with Gasteiger partial charge in [0.25, 0.3) is 5.91 Å². The highest BCUT2D eigenvalue weighted by Gasteiger charge is 2.45. The second-order valence-electron chi connectivity index (χ2n) is 9.64. The maximum atomic E-state index is 12.8. The first-order valence-electron chi connectivity index (χ1n) is 12.0. The average molecular weight is 450 g/mol. The van der Waals surface area contributed by atoms with Crippen LogP contribution in [0.25, 0.3) is 0 Å². The van der Waals surface area contributed by atoms with Crippen molar-refractivity contribution in [2.24, 2.45) is 5.92 Å². The van der Waals surface area contributed by atoms with Gasteiger partial charge < -0.3 is 19.9 Å². The Morgan fingerprint density at radius 2 is 1.85 bits per heavy atom. The van der Waals surface area contributed by atoms with E-state index < -0.39 is 6.10 Å². The Kier molecular flexibility index (Phi) is 7.15. The van der Waals surface area contributed by atoms with Gasteiger partial charge in [-0.1, -0.05) is 44.2 Å². The Hall–Kier alpha value is -2.70. The molecule has 176 valence electrons. The second kappa shape index (κ2) is 10.1. The lowest BCUT2D eigenvalue weighted by Crippen LogP contribution is -2.61. The lowest BCUT2D eigenvalue weighted by Gasteiger charge is -2.49. The van der Waals surface area contributed by atoms with Crippen LogP contribution in [0.4, 0.5) is 11.4 Å². The van der Waals surface area contributed by atoms with E-state index in [1.807, 2.05) is 68.1 Å². The molecule has 0 radical (unpaired) electrons. The highest BCUT2D eigenvalue weighted by molar-refractivity contribution is 5.97. The van der Waals surface area contributed by atoms with Gasteiger partial charge in [-0.25, -0.2) is 0 Å². The number of hydrogen-bond donors (Lipinski definition) is 1. The summed E-state index contributed by atoms with van der Waals surface area (Å²) in [6.45, 7) is 9.15. The van der Waals surface area contributed by atoms with Gasteiger partial charge in [0.1, 0.15) is 6.10 Å². The van der Waals surface area contributed by atoms with Crippen LogP contribution in [0.2, 0.25) is 0 Å². The minimum atomic E-state index is -0.422. The van der Waals surface area contributed by atoms with E-state index in [1.165, 1.54) is 5.56 Å². The van der Waals surface area contributed by atoms with E-state index in [4.69, 9.17) is 4.74 Å². The first-order chi connectivity index (χ1) is 15.8. The molecule has 2 saturated heterocycles. The number of anilines is 2. The molecule has 0 aromatic heterocycles. The molecular weight excluding hydrogens is 414 g/mol. The lowest BCUT2D eigenvalue weighted by atomic mass is 9.88. The van der Waals surface area contributed by atoms with E-state index in [-0.39, 0.29) is 23.3 Å². The Morgan fingerprint density at radius 1 is 1.12 bits per heavy atom. The highest BCUT2D eigenvalue weighted by atomic mass is 16.5. The van der Waals surface area contributed by atoms with E-state index in [0.29, 0.717) is 6.54 Å². The zero-order valence-electron chi connectivity index (χ0n) is 19.9. The number of nitrogens with zero attached hydrogens (tertiary/aromatic N) is 2. The van der Waals surface area contributed by atoms with Gasteiger partial charge in [0, 0.05) is 36.9 Å². The monoisotopic (exact) mass is 449 g/mol. The summed E-state index contributed by atoms with van der Waals surface area (Å²) in [4.78, 5) is 29.1. The zero-order chi connectivity index (χ0) is 23.4. The number of piperidine rings is 1. The maximum absolute atomic E-state index is 12.8. The molecule has 6 heteroatoms. The normalized spacial score (nSPS) is 20.9. The number of likely N-dealkylation sites (tertiary alicyclic amines) is 1. The van der Waals surface area contributed by atoms with Crippen LogP contribution >= 0.6 is 0 Å². The molecule has 1 N–H and O–H groups in total. The number of ether oxygens (including phenoxy) is 1. The number of hydrogen-bond acceptors (Lipinski definition) is 4. The third-order valence-electron chi connectivity index (χ3n) is 6.76. The summed E-state index contributed by atoms with van der Waals surface area (Å²) in [5.74, 6) is 0.0454. The van der Waals surface area contributed by atoms with Gasteiger partial charge in [-0.2, -0.15) is 0 Å². The summed E-state index contributed by atoms with van der Waals surface area (Å²) in [6.07, 6.45) is 2.34. The quantitative estimate of drug-likeness (QED) is 0.721. The Labute approximate surface area is 196 Å². The van der Waals surface area contributed by atoms with Crippen molar-refractivity contribution in [3.8, 4) is 0 Å². The summed E-state index contributed by atoms with van der Waals surface area (Å²) in [5.41, 5.74) is 2.75. The molecular formula is C27H35N3O3. The molecule has 2 amide bonds. The molecule has 2 heterocycles. The number of carbonyl (C=O) groups is 2. The minimum absolute atomic E-state index is 0.0350. The molecule has 1 unspecified atom stereocenters. The molecule has 2 aliphatic rings. The zero-order valence-corrected chi connectivity index (χ0v) is 19.9. The van der Waals surface area contributed by atoms with Gasteiger partial charge in [-0.05, 0) is 56.0 Å². The standard InChI is InChI=1S/C27H35N3O3/c1-20(2)25(31)28-23-9-7-8-22(18-23)12-15-29-16-13-27(14-17-29)19-30(26(32)21(3)33-27)24-10-5-4-6-11-24/h4-11,18,20-21H,12-17,19H2,1-3H3,(H,28,31). The molecule has 2 aromatic carbocycles. The number of morpholine rings is 1. The smallest absolute Gasteiger partial charge is 0.255 e. The summed E-state index contributed by atoms with van der Waals surface area (Å²) in [5, 5.41) is 2.98. The maximum Gasteiger partial charge on any atom is 0.255 e. The molecule has 6 nitrogen and oxygen atoms in total. The van der Waals surface area contributed by atoms with Gasteiger partial charge in [0.2, 0.25) is 5.91 Å². The van der Waals surface area contributed by atoms with Crippen molar-refractivity contribution >= 4 is 23.2 Å². The fourth-order valence-electron chi connectivity index (χ4n) is 4.71. The predicted molar refractivity (Wildman–Crippen MR) is 131 cm³/mol. The van der Waals surface area contributed by atoms with Crippen LogP contribution in [0.3, 0.4) is 0 Å². The Balaban J connectivity index is 1.33. The molecule has 2 fully saturated rings. The van der Waals surface area contributed by atoms with Crippen molar-refractivity contribution < 1.29 is 14.3 Å². The van der Waals surface area contributed by atoms with Gasteiger partial charge in [0.05, 0.1) is 12.1 Å². The third kappa shape index (κ3) is 5.63. The van der Waals surface area contributed by atoms with E-state index in [1.54, 1.807) is 0 Å². The molecule has 1 spiro atoms. The van der Waals surface area contributed by atoms with Crippen LogP contribution in [0.15, 0.2) is 54.6 Å². The average Bonchev–Trinajstić information content (AvgIpc) is 2.82. The van der Waals surface area contributed by atoms with E-state index in [0.717, 1.165) is 50.3 Å². The first kappa shape index (κ1) is 23.5. The lowest BCUT2D eigenvalue weighted by molar-refractivity contribution is -0.161. The summed E-state index contributed by atoms with van der Waals surface area (Å²) < 4.78 is 6.30. The number of amides is 2. The van der Waals surface area contributed by atoms with Crippen molar-refractivity contribution in [2.75, 3.05) is 36.4 Å². The van der Waals surface area contributed by atoms with Crippen LogP contribution in [-0.4, -0.2) is 54.6 Å². The molecule has 1 atom stereocenters. The molecule has 0 saturated carbocycles. The highest BCUT2D eigenvalue weighted by Crippen LogP contribution is 2.35. The van der Waals surface area contributed by atoms with Crippen molar-refractivity contribution in [3.05, 3.63) is 60.2 Å². The fraction of sp³-hybridized carbons (Fsp3) is 0.481. The number of rotatable bonds is 6. The van der Waals surface area contributed by atoms with Crippen molar-refractivity contribution in [1.82, 2.24) is 4.90 Å². The Morgan fingerprint density at radius 3 is 2.55 bits per heavy atom. The fourth-order valence-corrected chi connectivity index (χ4v) is 4.71. The van der Waals surface area contributed by atoms with Crippen molar-refractivity contribution in [2.45, 2.75) is 51.7 Å². The van der Waals surface area contributed by atoms with Crippen LogP contribution in [0, 0.1) is 5.92 Å². The van der Waals surface area contributed by atoms with Crippen molar-refractivity contribution in [1.29, 1.82) is 0 Å². The minimum Gasteiger partial charge on any atom is -0.360 e. The van der Waals surface area contributed by atoms with Gasteiger partial charge in [-0.3, -0.25) is 9.59 Å². The van der Waals surface area contributed by atoms with Gasteiger partial charge in [0.15, 0.2) is 0 Å². The second-order valence-corrected chi connectivity index (χ2v) is 9.64. The molecule has 33 heavy (non-hydrogen) atoms. The van der Waals surface area contributed by atoms with Crippen molar-refractivity contribution in [3.63, 3.8) is 0 Å². The molecule has 2 aliphatic heterocycles. The van der Waals surface area contributed by atoms with E-state index in [2.05, 4.69) is 22.3 Å². The van der Waals surface area contributed by atoms with Crippen LogP contribution in [0.1, 0.15) is 39.2 Å². The topological polar surface area (TPSA) is 61.9 Å². The summed E-state index contributed by atoms with van der Waals surface area (Å²) in [7, 11) is 0.